The molecule has 122 valence electrons. The Balaban J connectivity index is 2.10. The first-order valence-electron chi connectivity index (χ1n) is 7.05. The van der Waals surface area contributed by atoms with Gasteiger partial charge in [-0.25, -0.2) is 9.78 Å². The molecule has 0 aliphatic carbocycles. The summed E-state index contributed by atoms with van der Waals surface area (Å²) < 4.78 is 1.46. The molecule has 9 nitrogen and oxygen atoms in total. The number of nitrogens with zero attached hydrogens (tertiary/aromatic N) is 3. The molecule has 0 aliphatic rings. The lowest BCUT2D eigenvalue weighted by Gasteiger charge is -2.12. The molecule has 0 radical (unpaired) electrons. The molecule has 23 heavy (non-hydrogen) atoms. The summed E-state index contributed by atoms with van der Waals surface area (Å²) in [6.45, 7) is 1.83. The Bertz CT molecular complexity index is 755. The van der Waals surface area contributed by atoms with Crippen molar-refractivity contribution in [3.05, 3.63) is 40.3 Å². The number of carbonyl (C=O) groups excluding carboxylic acids is 1. The van der Waals surface area contributed by atoms with Crippen molar-refractivity contribution in [2.24, 2.45) is 0 Å². The Labute approximate surface area is 131 Å². The zero-order valence-corrected chi connectivity index (χ0v) is 12.4. The molecule has 1 unspecified atom stereocenters. The largest absolute Gasteiger partial charge is 0.480 e. The van der Waals surface area contributed by atoms with E-state index in [0.717, 1.165) is 0 Å². The average Bonchev–Trinajstić information content (AvgIpc) is 2.87. The number of amides is 1. The maximum Gasteiger partial charge on any atom is 0.326 e. The predicted molar refractivity (Wildman–Crippen MR) is 80.0 cm³/mol. The highest BCUT2D eigenvalue weighted by molar-refractivity contribution is 5.84. The molecule has 2 N–H and O–H groups in total. The molecule has 2 heterocycles. The highest BCUT2D eigenvalue weighted by Gasteiger charge is 2.19. The second kappa shape index (κ2) is 6.86. The molecule has 0 spiro atoms. The van der Waals surface area contributed by atoms with Crippen LogP contribution in [0, 0.1) is 10.1 Å². The zero-order valence-electron chi connectivity index (χ0n) is 12.4. The number of nitro groups is 1. The number of nitrogens with one attached hydrogen (secondary N) is 1. The predicted octanol–water partition coefficient (Wildman–Crippen LogP) is 1.15. The van der Waals surface area contributed by atoms with Gasteiger partial charge in [0.2, 0.25) is 5.91 Å². The third kappa shape index (κ3) is 4.02. The van der Waals surface area contributed by atoms with Crippen LogP contribution in [0.2, 0.25) is 0 Å². The number of carbonyl (C=O) groups is 2. The fourth-order valence-electron chi connectivity index (χ4n) is 2.18. The Kier molecular flexibility index (Phi) is 4.89. The molecular formula is C14H16N4O5. The van der Waals surface area contributed by atoms with Crippen LogP contribution in [0.15, 0.2) is 24.5 Å². The normalized spacial score (nSPS) is 12.0. The number of hydrogen-bond donors (Lipinski definition) is 2. The first kappa shape index (κ1) is 16.4. The van der Waals surface area contributed by atoms with E-state index in [2.05, 4.69) is 10.3 Å². The summed E-state index contributed by atoms with van der Waals surface area (Å²) in [4.78, 5) is 37.3. The molecule has 0 bridgehead atoms. The van der Waals surface area contributed by atoms with Gasteiger partial charge in [0.25, 0.3) is 5.69 Å². The highest BCUT2D eigenvalue weighted by atomic mass is 16.6. The molecule has 0 fully saturated rings. The van der Waals surface area contributed by atoms with Gasteiger partial charge in [-0.2, -0.15) is 0 Å². The van der Waals surface area contributed by atoms with E-state index in [4.69, 9.17) is 5.11 Å². The second-order valence-electron chi connectivity index (χ2n) is 5.07. The SMILES string of the molecule is CCCC(NC(=O)Cc1cn2cc([N+](=O)[O-])ccc2n1)C(=O)O. The van der Waals surface area contributed by atoms with Crippen molar-refractivity contribution in [2.75, 3.05) is 0 Å². The van der Waals surface area contributed by atoms with Gasteiger partial charge in [-0.1, -0.05) is 13.3 Å². The number of pyridine rings is 1. The maximum atomic E-state index is 11.9. The van der Waals surface area contributed by atoms with Crippen LogP contribution < -0.4 is 5.32 Å². The fraction of sp³-hybridized carbons (Fsp3) is 0.357. The Morgan fingerprint density at radius 2 is 2.17 bits per heavy atom. The van der Waals surface area contributed by atoms with E-state index in [1.807, 2.05) is 6.92 Å². The highest BCUT2D eigenvalue weighted by Crippen LogP contribution is 2.14. The minimum Gasteiger partial charge on any atom is -0.480 e. The van der Waals surface area contributed by atoms with Crippen LogP contribution in [0.4, 0.5) is 5.69 Å². The molecule has 9 heteroatoms. The summed E-state index contributed by atoms with van der Waals surface area (Å²) in [6.07, 6.45) is 3.70. The first-order chi connectivity index (χ1) is 10.9. The number of aromatic nitrogens is 2. The van der Waals surface area contributed by atoms with Gasteiger partial charge in [-0.05, 0) is 12.5 Å². The number of imidazole rings is 1. The molecule has 0 saturated heterocycles. The Morgan fingerprint density at radius 3 is 2.78 bits per heavy atom. The Hall–Kier alpha value is -2.97. The summed E-state index contributed by atoms with van der Waals surface area (Å²) in [5.74, 6) is -1.53. The molecular weight excluding hydrogens is 304 g/mol. The van der Waals surface area contributed by atoms with E-state index in [1.54, 1.807) is 0 Å². The van der Waals surface area contributed by atoms with Crippen LogP contribution in [0.5, 0.6) is 0 Å². The van der Waals surface area contributed by atoms with E-state index in [9.17, 15) is 19.7 Å². The number of rotatable bonds is 7. The van der Waals surface area contributed by atoms with E-state index in [1.165, 1.54) is 28.9 Å². The molecule has 0 aromatic carbocycles. The lowest BCUT2D eigenvalue weighted by atomic mass is 10.1. The average molecular weight is 320 g/mol. The smallest absolute Gasteiger partial charge is 0.326 e. The van der Waals surface area contributed by atoms with Crippen LogP contribution in [0.25, 0.3) is 5.65 Å². The minimum absolute atomic E-state index is 0.0835. The van der Waals surface area contributed by atoms with Crippen molar-refractivity contribution >= 4 is 23.2 Å². The van der Waals surface area contributed by atoms with Gasteiger partial charge in [-0.3, -0.25) is 19.3 Å². The number of hydrogen-bond acceptors (Lipinski definition) is 5. The number of carboxylic acid groups (broad SMARTS) is 1. The van der Waals surface area contributed by atoms with Gasteiger partial charge in [0.1, 0.15) is 11.7 Å². The zero-order chi connectivity index (χ0) is 17.0. The monoisotopic (exact) mass is 320 g/mol. The van der Waals surface area contributed by atoms with Crippen molar-refractivity contribution in [1.29, 1.82) is 0 Å². The number of fused-ring (bicyclic) bond motifs is 1. The summed E-state index contributed by atoms with van der Waals surface area (Å²) in [5, 5.41) is 22.2. The van der Waals surface area contributed by atoms with E-state index in [-0.39, 0.29) is 12.1 Å². The molecule has 1 atom stereocenters. The van der Waals surface area contributed by atoms with E-state index < -0.39 is 22.8 Å². The summed E-state index contributed by atoms with van der Waals surface area (Å²) in [6, 6.07) is 1.88. The molecule has 2 aromatic rings. The van der Waals surface area contributed by atoms with Gasteiger partial charge < -0.3 is 10.4 Å². The van der Waals surface area contributed by atoms with Gasteiger partial charge >= 0.3 is 5.97 Å². The van der Waals surface area contributed by atoms with Gasteiger partial charge in [0, 0.05) is 12.3 Å². The van der Waals surface area contributed by atoms with Crippen molar-refractivity contribution in [3.63, 3.8) is 0 Å². The lowest BCUT2D eigenvalue weighted by Crippen LogP contribution is -2.41. The molecule has 0 saturated carbocycles. The molecule has 1 amide bonds. The second-order valence-corrected chi connectivity index (χ2v) is 5.07. The third-order valence-corrected chi connectivity index (χ3v) is 3.25. The van der Waals surface area contributed by atoms with Crippen LogP contribution in [-0.4, -0.2) is 37.3 Å². The van der Waals surface area contributed by atoms with Gasteiger partial charge in [0.15, 0.2) is 0 Å². The quantitative estimate of drug-likeness (QED) is 0.582. The van der Waals surface area contributed by atoms with Crippen LogP contribution >= 0.6 is 0 Å². The van der Waals surface area contributed by atoms with Gasteiger partial charge in [-0.15, -0.1) is 0 Å². The lowest BCUT2D eigenvalue weighted by molar-refractivity contribution is -0.385. The topological polar surface area (TPSA) is 127 Å². The van der Waals surface area contributed by atoms with Crippen LogP contribution in [-0.2, 0) is 16.0 Å². The first-order valence-corrected chi connectivity index (χ1v) is 7.05. The van der Waals surface area contributed by atoms with Crippen molar-refractivity contribution < 1.29 is 19.6 Å². The molecule has 0 aliphatic heterocycles. The van der Waals surface area contributed by atoms with Crippen molar-refractivity contribution in [1.82, 2.24) is 14.7 Å². The molecule has 2 aromatic heterocycles. The summed E-state index contributed by atoms with van der Waals surface area (Å²) in [5.41, 5.74) is 0.796. The van der Waals surface area contributed by atoms with E-state index >= 15 is 0 Å². The Morgan fingerprint density at radius 1 is 1.43 bits per heavy atom. The van der Waals surface area contributed by atoms with Crippen LogP contribution in [0.1, 0.15) is 25.5 Å². The number of aliphatic carboxylic acids is 1. The summed E-state index contributed by atoms with van der Waals surface area (Å²) in [7, 11) is 0. The maximum absolute atomic E-state index is 11.9. The number of carboxylic acids is 1. The standard InChI is InChI=1S/C14H16N4O5/c1-2-3-11(14(20)21)16-13(19)6-9-7-17-8-10(18(22)23)4-5-12(17)15-9/h4-5,7-8,11H,2-3,6H2,1H3,(H,16,19)(H,20,21). The minimum atomic E-state index is -1.08. The van der Waals surface area contributed by atoms with E-state index in [0.29, 0.717) is 24.2 Å². The van der Waals surface area contributed by atoms with Gasteiger partial charge in [0.05, 0.1) is 23.2 Å². The summed E-state index contributed by atoms with van der Waals surface area (Å²) >= 11 is 0. The van der Waals surface area contributed by atoms with Crippen molar-refractivity contribution in [2.45, 2.75) is 32.2 Å². The van der Waals surface area contributed by atoms with Crippen molar-refractivity contribution in [3.8, 4) is 0 Å². The van der Waals surface area contributed by atoms with Crippen LogP contribution in [0.3, 0.4) is 0 Å². The fourth-order valence-corrected chi connectivity index (χ4v) is 2.18. The third-order valence-electron chi connectivity index (χ3n) is 3.25. The molecule has 2 rings (SSSR count).